The summed E-state index contributed by atoms with van der Waals surface area (Å²) >= 11 is 7.34. The maximum absolute atomic E-state index is 12.2. The standard InChI is InChI=1S/C7H2ClF2IN2/c8-5-3(2-12)1-4(6(9)10)13-7(5)11/h1,6H. The number of nitrogens with zero attached hydrogens (tertiary/aromatic N) is 2. The van der Waals surface area contributed by atoms with Gasteiger partial charge in [-0.2, -0.15) is 5.26 Å². The van der Waals surface area contributed by atoms with Gasteiger partial charge >= 0.3 is 0 Å². The summed E-state index contributed by atoms with van der Waals surface area (Å²) in [5, 5.41) is 8.66. The predicted molar refractivity (Wildman–Crippen MR) is 51.6 cm³/mol. The highest BCUT2D eigenvalue weighted by Crippen LogP contribution is 2.25. The quantitative estimate of drug-likeness (QED) is 0.590. The van der Waals surface area contributed by atoms with Gasteiger partial charge in [0.25, 0.3) is 6.43 Å². The Balaban J connectivity index is 3.32. The normalized spacial score (nSPS) is 10.2. The third-order valence-corrected chi connectivity index (χ3v) is 2.76. The van der Waals surface area contributed by atoms with Gasteiger partial charge in [0.2, 0.25) is 0 Å². The molecule has 0 saturated carbocycles. The van der Waals surface area contributed by atoms with Crippen molar-refractivity contribution in [3.8, 4) is 6.07 Å². The van der Waals surface area contributed by atoms with Crippen molar-refractivity contribution in [2.24, 2.45) is 0 Å². The van der Waals surface area contributed by atoms with Crippen molar-refractivity contribution >= 4 is 34.2 Å². The second-order valence-electron chi connectivity index (χ2n) is 2.11. The molecule has 1 heterocycles. The summed E-state index contributed by atoms with van der Waals surface area (Å²) in [6, 6.07) is 2.72. The van der Waals surface area contributed by atoms with Crippen molar-refractivity contribution < 1.29 is 8.78 Å². The lowest BCUT2D eigenvalue weighted by Gasteiger charge is -2.02. The van der Waals surface area contributed by atoms with Crippen LogP contribution in [0.1, 0.15) is 17.7 Å². The molecule has 0 aliphatic carbocycles. The van der Waals surface area contributed by atoms with Gasteiger partial charge in [0.05, 0.1) is 10.6 Å². The molecule has 0 spiro atoms. The minimum absolute atomic E-state index is 0.0244. The Labute approximate surface area is 91.7 Å². The van der Waals surface area contributed by atoms with Crippen LogP contribution >= 0.6 is 34.2 Å². The van der Waals surface area contributed by atoms with E-state index in [-0.39, 0.29) is 14.3 Å². The Kier molecular flexibility index (Phi) is 3.39. The highest BCUT2D eigenvalue weighted by molar-refractivity contribution is 14.1. The monoisotopic (exact) mass is 314 g/mol. The van der Waals surface area contributed by atoms with Crippen LogP contribution in [0.5, 0.6) is 0 Å². The van der Waals surface area contributed by atoms with E-state index >= 15 is 0 Å². The first-order valence-electron chi connectivity index (χ1n) is 3.10. The first kappa shape index (κ1) is 10.6. The maximum atomic E-state index is 12.2. The molecular weight excluding hydrogens is 312 g/mol. The van der Waals surface area contributed by atoms with Crippen molar-refractivity contribution in [1.82, 2.24) is 4.98 Å². The van der Waals surface area contributed by atoms with E-state index in [1.165, 1.54) is 0 Å². The number of hydrogen-bond acceptors (Lipinski definition) is 2. The highest BCUT2D eigenvalue weighted by atomic mass is 127. The first-order valence-corrected chi connectivity index (χ1v) is 4.56. The minimum atomic E-state index is -2.68. The molecule has 0 bridgehead atoms. The van der Waals surface area contributed by atoms with Crippen molar-refractivity contribution in [3.63, 3.8) is 0 Å². The van der Waals surface area contributed by atoms with Gasteiger partial charge in [0, 0.05) is 0 Å². The van der Waals surface area contributed by atoms with Crippen LogP contribution in [0.4, 0.5) is 8.78 Å². The second-order valence-corrected chi connectivity index (χ2v) is 3.51. The molecule has 0 N–H and O–H groups in total. The Hall–Kier alpha value is -0.480. The summed E-state index contributed by atoms with van der Waals surface area (Å²) in [5.74, 6) is 0. The molecule has 6 heteroatoms. The van der Waals surface area contributed by atoms with Gasteiger partial charge in [-0.1, -0.05) is 11.6 Å². The fourth-order valence-corrected chi connectivity index (χ4v) is 1.42. The summed E-state index contributed by atoms with van der Waals surface area (Å²) in [6.45, 7) is 0. The van der Waals surface area contributed by atoms with E-state index in [2.05, 4.69) is 4.98 Å². The molecule has 68 valence electrons. The van der Waals surface area contributed by atoms with Gasteiger partial charge < -0.3 is 0 Å². The Bertz CT molecular complexity index is 375. The largest absolute Gasteiger partial charge is 0.280 e. The van der Waals surface area contributed by atoms with E-state index in [9.17, 15) is 8.78 Å². The average Bonchev–Trinajstić information content (AvgIpc) is 2.09. The summed E-state index contributed by atoms with van der Waals surface area (Å²) < 4.78 is 24.6. The van der Waals surface area contributed by atoms with Crippen LogP contribution in [0.2, 0.25) is 5.02 Å². The number of hydrogen-bond donors (Lipinski definition) is 0. The van der Waals surface area contributed by atoms with Crippen LogP contribution in [0.3, 0.4) is 0 Å². The molecule has 0 amide bonds. The Morgan fingerprint density at radius 1 is 1.62 bits per heavy atom. The topological polar surface area (TPSA) is 36.7 Å². The van der Waals surface area contributed by atoms with Crippen LogP contribution < -0.4 is 0 Å². The van der Waals surface area contributed by atoms with Gasteiger partial charge in [-0.3, -0.25) is 0 Å². The van der Waals surface area contributed by atoms with Gasteiger partial charge in [-0.05, 0) is 28.7 Å². The van der Waals surface area contributed by atoms with Crippen LogP contribution in [-0.4, -0.2) is 4.98 Å². The van der Waals surface area contributed by atoms with E-state index in [0.29, 0.717) is 0 Å². The zero-order valence-electron chi connectivity index (χ0n) is 6.06. The smallest absolute Gasteiger partial charge is 0.239 e. The zero-order chi connectivity index (χ0) is 10.0. The van der Waals surface area contributed by atoms with E-state index in [1.54, 1.807) is 28.7 Å². The van der Waals surface area contributed by atoms with Crippen molar-refractivity contribution in [1.29, 1.82) is 5.26 Å². The third kappa shape index (κ3) is 2.25. The van der Waals surface area contributed by atoms with Crippen molar-refractivity contribution in [2.75, 3.05) is 0 Å². The predicted octanol–water partition coefficient (Wildman–Crippen LogP) is 3.15. The summed E-state index contributed by atoms with van der Waals surface area (Å²) in [4.78, 5) is 3.53. The van der Waals surface area contributed by atoms with Gasteiger partial charge in [0.1, 0.15) is 15.5 Å². The Morgan fingerprint density at radius 3 is 2.69 bits per heavy atom. The lowest BCUT2D eigenvalue weighted by molar-refractivity contribution is 0.146. The number of pyridine rings is 1. The average molecular weight is 314 g/mol. The number of rotatable bonds is 1. The summed E-state index contributed by atoms with van der Waals surface area (Å²) in [6.07, 6.45) is -2.68. The number of aromatic nitrogens is 1. The van der Waals surface area contributed by atoms with E-state index < -0.39 is 12.1 Å². The lowest BCUT2D eigenvalue weighted by atomic mass is 10.2. The molecule has 0 aliphatic rings. The molecule has 13 heavy (non-hydrogen) atoms. The molecule has 1 aromatic heterocycles. The molecule has 0 fully saturated rings. The maximum Gasteiger partial charge on any atom is 0.280 e. The first-order chi connectivity index (χ1) is 6.06. The number of alkyl halides is 2. The fourth-order valence-electron chi connectivity index (χ4n) is 0.710. The van der Waals surface area contributed by atoms with Crippen LogP contribution in [0, 0.1) is 15.0 Å². The van der Waals surface area contributed by atoms with Gasteiger partial charge in [0.15, 0.2) is 0 Å². The molecule has 2 nitrogen and oxygen atoms in total. The van der Waals surface area contributed by atoms with Crippen LogP contribution in [0.25, 0.3) is 0 Å². The Morgan fingerprint density at radius 2 is 2.23 bits per heavy atom. The third-order valence-electron chi connectivity index (χ3n) is 1.28. The molecule has 0 saturated heterocycles. The van der Waals surface area contributed by atoms with Gasteiger partial charge in [-0.15, -0.1) is 0 Å². The number of nitriles is 1. The molecule has 1 rings (SSSR count). The lowest BCUT2D eigenvalue weighted by Crippen LogP contribution is -1.95. The SMILES string of the molecule is N#Cc1cc(C(F)F)nc(I)c1Cl. The highest BCUT2D eigenvalue weighted by Gasteiger charge is 2.14. The zero-order valence-corrected chi connectivity index (χ0v) is 8.97. The van der Waals surface area contributed by atoms with E-state index in [0.717, 1.165) is 6.07 Å². The summed E-state index contributed by atoms with van der Waals surface area (Å²) in [5.41, 5.74) is -0.401. The second kappa shape index (κ2) is 4.15. The van der Waals surface area contributed by atoms with E-state index in [1.807, 2.05) is 0 Å². The fraction of sp³-hybridized carbons (Fsp3) is 0.143. The van der Waals surface area contributed by atoms with Crippen molar-refractivity contribution in [2.45, 2.75) is 6.43 Å². The number of halogens is 4. The van der Waals surface area contributed by atoms with Crippen LogP contribution in [-0.2, 0) is 0 Å². The minimum Gasteiger partial charge on any atom is -0.239 e. The molecule has 0 unspecified atom stereocenters. The van der Waals surface area contributed by atoms with Gasteiger partial charge in [-0.25, -0.2) is 13.8 Å². The molecule has 0 aliphatic heterocycles. The molecule has 0 radical (unpaired) electrons. The molecular formula is C7H2ClF2IN2. The van der Waals surface area contributed by atoms with Crippen molar-refractivity contribution in [3.05, 3.63) is 26.0 Å². The summed E-state index contributed by atoms with van der Waals surface area (Å²) in [7, 11) is 0. The molecule has 0 aromatic carbocycles. The molecule has 1 aromatic rings. The van der Waals surface area contributed by atoms with Crippen LogP contribution in [0.15, 0.2) is 6.07 Å². The molecule has 0 atom stereocenters. The van der Waals surface area contributed by atoms with E-state index in [4.69, 9.17) is 16.9 Å².